The first kappa shape index (κ1) is 19.8. The number of rotatable bonds is 4. The van der Waals surface area contributed by atoms with Crippen molar-refractivity contribution >= 4 is 22.3 Å². The lowest BCUT2D eigenvalue weighted by Gasteiger charge is -2.20. The molecule has 0 bridgehead atoms. The number of benzene rings is 1. The van der Waals surface area contributed by atoms with Crippen molar-refractivity contribution in [2.24, 2.45) is 5.92 Å². The van der Waals surface area contributed by atoms with E-state index in [9.17, 15) is 4.79 Å². The predicted octanol–water partition coefficient (Wildman–Crippen LogP) is 3.51. The Hall–Kier alpha value is -3.19. The zero-order chi connectivity index (χ0) is 21.7. The fourth-order valence-electron chi connectivity index (χ4n) is 4.64. The van der Waals surface area contributed by atoms with Crippen LogP contribution in [0.15, 0.2) is 45.9 Å². The molecule has 1 unspecified atom stereocenters. The van der Waals surface area contributed by atoms with Gasteiger partial charge in [-0.1, -0.05) is 0 Å². The highest BCUT2D eigenvalue weighted by molar-refractivity contribution is 5.84. The number of fused-ring (bicyclic) bond motifs is 2. The maximum absolute atomic E-state index is 12.8. The van der Waals surface area contributed by atoms with Crippen LogP contribution in [-0.4, -0.2) is 53.0 Å². The van der Waals surface area contributed by atoms with Gasteiger partial charge in [0.2, 0.25) is 0 Å². The Bertz CT molecular complexity index is 1340. The second-order valence-electron chi connectivity index (χ2n) is 8.86. The van der Waals surface area contributed by atoms with E-state index in [0.29, 0.717) is 22.8 Å². The Balaban J connectivity index is 1.49. The van der Waals surface area contributed by atoms with Crippen molar-refractivity contribution in [2.45, 2.75) is 20.3 Å². The Morgan fingerprint density at radius 2 is 2.00 bits per heavy atom. The maximum atomic E-state index is 12.8. The molecule has 0 amide bonds. The van der Waals surface area contributed by atoms with E-state index in [0.717, 1.165) is 47.7 Å². The maximum Gasteiger partial charge on any atom is 0.345 e. The van der Waals surface area contributed by atoms with Gasteiger partial charge in [-0.15, -0.1) is 0 Å². The molecule has 31 heavy (non-hydrogen) atoms. The monoisotopic (exact) mass is 417 g/mol. The number of aromatic nitrogens is 3. The molecular formula is C24H27N5O2. The minimum atomic E-state index is -0.373. The Labute approximate surface area is 180 Å². The van der Waals surface area contributed by atoms with Crippen LogP contribution in [0.2, 0.25) is 0 Å². The molecule has 1 saturated heterocycles. The van der Waals surface area contributed by atoms with E-state index in [2.05, 4.69) is 39.9 Å². The molecule has 1 fully saturated rings. The highest BCUT2D eigenvalue weighted by atomic mass is 16.4. The van der Waals surface area contributed by atoms with E-state index < -0.39 is 0 Å². The Morgan fingerprint density at radius 3 is 2.81 bits per heavy atom. The Kier molecular flexibility index (Phi) is 4.78. The van der Waals surface area contributed by atoms with Crippen molar-refractivity contribution in [3.05, 3.63) is 58.5 Å². The third-order valence-corrected chi connectivity index (χ3v) is 6.00. The molecular weight excluding hydrogens is 390 g/mol. The summed E-state index contributed by atoms with van der Waals surface area (Å²) in [6.45, 7) is 7.01. The molecule has 1 atom stereocenters. The topological polar surface area (TPSA) is 66.9 Å². The van der Waals surface area contributed by atoms with Crippen molar-refractivity contribution in [2.75, 3.05) is 38.6 Å². The van der Waals surface area contributed by atoms with Crippen molar-refractivity contribution in [3.63, 3.8) is 0 Å². The zero-order valence-corrected chi connectivity index (χ0v) is 18.4. The minimum absolute atomic E-state index is 0.373. The molecule has 1 aliphatic heterocycles. The molecule has 1 aliphatic rings. The number of anilines is 1. The van der Waals surface area contributed by atoms with Crippen molar-refractivity contribution in [3.8, 4) is 11.3 Å². The number of hydrogen-bond donors (Lipinski definition) is 0. The lowest BCUT2D eigenvalue weighted by Crippen LogP contribution is -2.25. The fraction of sp³-hybridized carbons (Fsp3) is 0.375. The van der Waals surface area contributed by atoms with E-state index in [1.54, 1.807) is 0 Å². The van der Waals surface area contributed by atoms with E-state index in [4.69, 9.17) is 4.42 Å². The van der Waals surface area contributed by atoms with E-state index in [-0.39, 0.29) is 5.63 Å². The summed E-state index contributed by atoms with van der Waals surface area (Å²) in [6.07, 6.45) is 4.95. The largest absolute Gasteiger partial charge is 0.422 e. The quantitative estimate of drug-likeness (QED) is 0.474. The van der Waals surface area contributed by atoms with Gasteiger partial charge in [-0.2, -0.15) is 0 Å². The average molecular weight is 418 g/mol. The fourth-order valence-corrected chi connectivity index (χ4v) is 4.64. The van der Waals surface area contributed by atoms with Crippen LogP contribution in [0.5, 0.6) is 0 Å². The van der Waals surface area contributed by atoms with Gasteiger partial charge in [0.25, 0.3) is 0 Å². The summed E-state index contributed by atoms with van der Waals surface area (Å²) in [7, 11) is 4.24. The van der Waals surface area contributed by atoms with E-state index >= 15 is 0 Å². The van der Waals surface area contributed by atoms with Gasteiger partial charge in [-0.25, -0.2) is 9.78 Å². The second-order valence-corrected chi connectivity index (χ2v) is 8.86. The summed E-state index contributed by atoms with van der Waals surface area (Å²) >= 11 is 0. The summed E-state index contributed by atoms with van der Waals surface area (Å²) in [5.41, 5.74) is 4.89. The zero-order valence-electron chi connectivity index (χ0n) is 18.4. The van der Waals surface area contributed by atoms with Gasteiger partial charge >= 0.3 is 5.63 Å². The van der Waals surface area contributed by atoms with Gasteiger partial charge < -0.3 is 18.6 Å². The summed E-state index contributed by atoms with van der Waals surface area (Å²) in [5, 5.41) is 0.894. The molecule has 3 aromatic heterocycles. The van der Waals surface area contributed by atoms with Crippen LogP contribution in [0.3, 0.4) is 0 Å². The average Bonchev–Trinajstić information content (AvgIpc) is 3.33. The molecule has 0 radical (unpaired) electrons. The molecule has 7 heteroatoms. The molecule has 4 aromatic rings. The molecule has 4 heterocycles. The van der Waals surface area contributed by atoms with Gasteiger partial charge in [0, 0.05) is 49.2 Å². The molecule has 1 aromatic carbocycles. The van der Waals surface area contributed by atoms with Gasteiger partial charge in [0.15, 0.2) is 5.65 Å². The van der Waals surface area contributed by atoms with Crippen LogP contribution in [0, 0.1) is 19.8 Å². The second kappa shape index (κ2) is 7.50. The summed E-state index contributed by atoms with van der Waals surface area (Å²) in [5.74, 6) is 0.664. The number of nitrogens with zero attached hydrogens (tertiary/aromatic N) is 5. The smallest absolute Gasteiger partial charge is 0.345 e. The van der Waals surface area contributed by atoms with Crippen molar-refractivity contribution < 1.29 is 4.42 Å². The van der Waals surface area contributed by atoms with E-state index in [1.807, 2.05) is 48.8 Å². The number of aryl methyl sites for hydroxylation is 2. The van der Waals surface area contributed by atoms with Gasteiger partial charge in [0.1, 0.15) is 5.58 Å². The highest BCUT2D eigenvalue weighted by Gasteiger charge is 2.23. The van der Waals surface area contributed by atoms with Gasteiger partial charge in [-0.05, 0) is 58.5 Å². The summed E-state index contributed by atoms with van der Waals surface area (Å²) in [6, 6.07) is 8.01. The minimum Gasteiger partial charge on any atom is -0.422 e. The van der Waals surface area contributed by atoms with E-state index in [1.165, 1.54) is 6.42 Å². The van der Waals surface area contributed by atoms with Crippen LogP contribution in [0.25, 0.3) is 27.9 Å². The SMILES string of the molecule is Cc1cn2cc(-c3cc4ccc(N5CCC(CN(C)C)C5)cc4oc3=O)nc2c(C)n1. The lowest BCUT2D eigenvalue weighted by atomic mass is 10.1. The molecule has 160 valence electrons. The molecule has 0 saturated carbocycles. The van der Waals surface area contributed by atoms with Crippen LogP contribution >= 0.6 is 0 Å². The highest BCUT2D eigenvalue weighted by Crippen LogP contribution is 2.29. The van der Waals surface area contributed by atoms with Crippen LogP contribution < -0.4 is 10.5 Å². The molecule has 0 spiro atoms. The third kappa shape index (κ3) is 3.70. The lowest BCUT2D eigenvalue weighted by molar-refractivity contribution is 0.340. The van der Waals surface area contributed by atoms with Gasteiger partial charge in [-0.3, -0.25) is 4.98 Å². The van der Waals surface area contributed by atoms with Gasteiger partial charge in [0.05, 0.1) is 22.6 Å². The number of imidazole rings is 1. The van der Waals surface area contributed by atoms with Crippen LogP contribution in [0.1, 0.15) is 17.8 Å². The number of hydrogen-bond acceptors (Lipinski definition) is 6. The van der Waals surface area contributed by atoms with Crippen molar-refractivity contribution in [1.82, 2.24) is 19.3 Å². The molecule has 0 aliphatic carbocycles. The Morgan fingerprint density at radius 1 is 1.16 bits per heavy atom. The van der Waals surface area contributed by atoms with Crippen LogP contribution in [0.4, 0.5) is 5.69 Å². The van der Waals surface area contributed by atoms with Crippen molar-refractivity contribution in [1.29, 1.82) is 0 Å². The normalized spacial score (nSPS) is 16.8. The first-order valence-electron chi connectivity index (χ1n) is 10.7. The summed E-state index contributed by atoms with van der Waals surface area (Å²) < 4.78 is 7.65. The summed E-state index contributed by atoms with van der Waals surface area (Å²) in [4.78, 5) is 26.5. The predicted molar refractivity (Wildman–Crippen MR) is 123 cm³/mol. The third-order valence-electron chi connectivity index (χ3n) is 6.00. The molecule has 0 N–H and O–H groups in total. The standard InChI is InChI=1S/C24H27N5O2/c1-15-11-29-14-21(26-23(29)16(2)25-15)20-9-18-5-6-19(10-22(18)31-24(20)30)28-8-7-17(13-28)12-27(3)4/h5-6,9-11,14,17H,7-8,12-13H2,1-4H3. The van der Waals surface area contributed by atoms with Crippen LogP contribution in [-0.2, 0) is 0 Å². The first-order valence-corrected chi connectivity index (χ1v) is 10.7. The molecule has 5 rings (SSSR count). The molecule has 7 nitrogen and oxygen atoms in total. The first-order chi connectivity index (χ1) is 14.9.